The van der Waals surface area contributed by atoms with Crippen LogP contribution in [0.2, 0.25) is 0 Å². The standard InChI is InChI=1S/C18H18N4O3/c1-10-4-5-12-7-14(11(2)21-15(12)6-10)17(23)19-8-13-9-20-22(3)16(13)18(24)25/h4-7,9H,8H2,1-3H3,(H,19,23)(H,24,25). The van der Waals surface area contributed by atoms with E-state index in [-0.39, 0.29) is 18.1 Å². The van der Waals surface area contributed by atoms with Crippen molar-refractivity contribution in [3.8, 4) is 0 Å². The number of carboxylic acid groups (broad SMARTS) is 1. The Morgan fingerprint density at radius 2 is 2.00 bits per heavy atom. The highest BCUT2D eigenvalue weighted by Gasteiger charge is 2.17. The van der Waals surface area contributed by atoms with Gasteiger partial charge in [-0.05, 0) is 31.5 Å². The van der Waals surface area contributed by atoms with Crippen molar-refractivity contribution in [3.63, 3.8) is 0 Å². The maximum atomic E-state index is 12.5. The van der Waals surface area contributed by atoms with E-state index in [1.807, 2.05) is 25.1 Å². The van der Waals surface area contributed by atoms with Gasteiger partial charge in [-0.1, -0.05) is 12.1 Å². The highest BCUT2D eigenvalue weighted by atomic mass is 16.4. The lowest BCUT2D eigenvalue weighted by Crippen LogP contribution is -2.25. The predicted octanol–water partition coefficient (Wildman–Crippen LogP) is 2.21. The number of rotatable bonds is 4. The molecule has 1 aromatic carbocycles. The number of benzene rings is 1. The zero-order valence-corrected chi connectivity index (χ0v) is 14.2. The number of nitrogens with one attached hydrogen (secondary N) is 1. The number of amides is 1. The summed E-state index contributed by atoms with van der Waals surface area (Å²) < 4.78 is 1.27. The minimum atomic E-state index is -1.08. The second-order valence-electron chi connectivity index (χ2n) is 5.95. The van der Waals surface area contributed by atoms with Gasteiger partial charge in [-0.25, -0.2) is 4.79 Å². The minimum Gasteiger partial charge on any atom is -0.477 e. The van der Waals surface area contributed by atoms with E-state index in [1.165, 1.54) is 10.9 Å². The third-order valence-corrected chi connectivity index (χ3v) is 4.06. The number of aryl methyl sites for hydroxylation is 3. The van der Waals surface area contributed by atoms with Gasteiger partial charge in [0.1, 0.15) is 0 Å². The molecule has 3 aromatic rings. The maximum absolute atomic E-state index is 12.5. The van der Waals surface area contributed by atoms with Gasteiger partial charge < -0.3 is 10.4 Å². The van der Waals surface area contributed by atoms with Crippen molar-refractivity contribution in [2.45, 2.75) is 20.4 Å². The van der Waals surface area contributed by atoms with Crippen molar-refractivity contribution in [3.05, 3.63) is 58.5 Å². The third kappa shape index (κ3) is 3.21. The number of fused-ring (bicyclic) bond motifs is 1. The smallest absolute Gasteiger partial charge is 0.354 e. The first-order valence-corrected chi connectivity index (χ1v) is 7.77. The van der Waals surface area contributed by atoms with Crippen LogP contribution in [0, 0.1) is 13.8 Å². The molecule has 0 unspecified atom stereocenters. The van der Waals surface area contributed by atoms with Crippen molar-refractivity contribution in [2.24, 2.45) is 7.05 Å². The predicted molar refractivity (Wildman–Crippen MR) is 92.6 cm³/mol. The molecule has 2 N–H and O–H groups in total. The van der Waals surface area contributed by atoms with Crippen molar-refractivity contribution in [2.75, 3.05) is 0 Å². The van der Waals surface area contributed by atoms with Crippen molar-refractivity contribution in [1.82, 2.24) is 20.1 Å². The number of hydrogen-bond donors (Lipinski definition) is 2. The number of pyridine rings is 1. The molecule has 3 rings (SSSR count). The second-order valence-corrected chi connectivity index (χ2v) is 5.95. The lowest BCUT2D eigenvalue weighted by molar-refractivity contribution is 0.0682. The topological polar surface area (TPSA) is 97.1 Å². The molecule has 0 atom stereocenters. The highest BCUT2D eigenvalue weighted by molar-refractivity contribution is 5.98. The molecule has 2 heterocycles. The Morgan fingerprint density at radius 1 is 1.24 bits per heavy atom. The Balaban J connectivity index is 1.84. The minimum absolute atomic E-state index is 0.0594. The number of hydrogen-bond acceptors (Lipinski definition) is 4. The second kappa shape index (κ2) is 6.35. The van der Waals surface area contributed by atoms with E-state index in [0.717, 1.165) is 16.5 Å². The summed E-state index contributed by atoms with van der Waals surface area (Å²) >= 11 is 0. The van der Waals surface area contributed by atoms with E-state index in [0.29, 0.717) is 16.8 Å². The molecule has 0 aliphatic rings. The molecule has 0 aliphatic heterocycles. The molecule has 0 radical (unpaired) electrons. The van der Waals surface area contributed by atoms with E-state index in [4.69, 9.17) is 0 Å². The molecule has 7 heteroatoms. The fraction of sp³-hybridized carbons (Fsp3) is 0.222. The Bertz CT molecular complexity index is 991. The van der Waals surface area contributed by atoms with Gasteiger partial charge in [-0.2, -0.15) is 5.10 Å². The SMILES string of the molecule is Cc1ccc2cc(C(=O)NCc3cnn(C)c3C(=O)O)c(C)nc2c1. The average molecular weight is 338 g/mol. The van der Waals surface area contributed by atoms with Gasteiger partial charge in [-0.15, -0.1) is 0 Å². The summed E-state index contributed by atoms with van der Waals surface area (Å²) in [7, 11) is 1.55. The Hall–Kier alpha value is -3.22. The van der Waals surface area contributed by atoms with Crippen LogP contribution in [0.3, 0.4) is 0 Å². The van der Waals surface area contributed by atoms with Gasteiger partial charge in [-0.3, -0.25) is 14.5 Å². The van der Waals surface area contributed by atoms with Crippen molar-refractivity contribution >= 4 is 22.8 Å². The monoisotopic (exact) mass is 338 g/mol. The third-order valence-electron chi connectivity index (χ3n) is 4.06. The van der Waals surface area contributed by atoms with Gasteiger partial charge in [0.25, 0.3) is 5.91 Å². The van der Waals surface area contributed by atoms with E-state index >= 15 is 0 Å². The molecule has 0 fully saturated rings. The van der Waals surface area contributed by atoms with Gasteiger partial charge in [0, 0.05) is 24.5 Å². The van der Waals surface area contributed by atoms with Crippen molar-refractivity contribution in [1.29, 1.82) is 0 Å². The Labute approximate surface area is 144 Å². The fourth-order valence-corrected chi connectivity index (χ4v) is 2.76. The van der Waals surface area contributed by atoms with Crippen LogP contribution in [0.15, 0.2) is 30.5 Å². The lowest BCUT2D eigenvalue weighted by Gasteiger charge is -2.09. The number of carbonyl (C=O) groups is 2. The summed E-state index contributed by atoms with van der Waals surface area (Å²) in [5.41, 5.74) is 3.55. The average Bonchev–Trinajstić information content (AvgIpc) is 2.92. The summed E-state index contributed by atoms with van der Waals surface area (Å²) in [6, 6.07) is 7.67. The quantitative estimate of drug-likeness (QED) is 0.760. The maximum Gasteiger partial charge on any atom is 0.354 e. The zero-order valence-electron chi connectivity index (χ0n) is 14.2. The van der Waals surface area contributed by atoms with Crippen LogP contribution in [0.25, 0.3) is 10.9 Å². The van der Waals surface area contributed by atoms with Crippen LogP contribution >= 0.6 is 0 Å². The van der Waals surface area contributed by atoms with E-state index in [2.05, 4.69) is 15.4 Å². The van der Waals surface area contributed by atoms with E-state index in [9.17, 15) is 14.7 Å². The largest absolute Gasteiger partial charge is 0.477 e. The molecule has 0 spiro atoms. The van der Waals surface area contributed by atoms with Crippen LogP contribution in [0.4, 0.5) is 0 Å². The molecule has 128 valence electrons. The Morgan fingerprint density at radius 3 is 2.72 bits per heavy atom. The van der Waals surface area contributed by atoms with Crippen LogP contribution in [-0.2, 0) is 13.6 Å². The normalized spacial score (nSPS) is 10.8. The molecule has 25 heavy (non-hydrogen) atoms. The molecule has 0 bridgehead atoms. The molecule has 7 nitrogen and oxygen atoms in total. The summed E-state index contributed by atoms with van der Waals surface area (Å²) in [4.78, 5) is 28.3. The molecular formula is C18H18N4O3. The first-order chi connectivity index (χ1) is 11.9. The van der Waals surface area contributed by atoms with Crippen LogP contribution in [-0.4, -0.2) is 31.7 Å². The van der Waals surface area contributed by atoms with Crippen LogP contribution in [0.5, 0.6) is 0 Å². The number of aromatic nitrogens is 3. The number of carbonyl (C=O) groups excluding carboxylic acids is 1. The van der Waals surface area contributed by atoms with Gasteiger partial charge in [0.05, 0.1) is 23.0 Å². The lowest BCUT2D eigenvalue weighted by atomic mass is 10.1. The highest BCUT2D eigenvalue weighted by Crippen LogP contribution is 2.18. The zero-order chi connectivity index (χ0) is 18.1. The fourth-order valence-electron chi connectivity index (χ4n) is 2.76. The van der Waals surface area contributed by atoms with Crippen molar-refractivity contribution < 1.29 is 14.7 Å². The van der Waals surface area contributed by atoms with Gasteiger partial charge >= 0.3 is 5.97 Å². The summed E-state index contributed by atoms with van der Waals surface area (Å²) in [6.07, 6.45) is 1.44. The first-order valence-electron chi connectivity index (χ1n) is 7.77. The van der Waals surface area contributed by atoms with Gasteiger partial charge in [0.15, 0.2) is 5.69 Å². The number of carboxylic acids is 1. The van der Waals surface area contributed by atoms with Crippen LogP contribution < -0.4 is 5.32 Å². The molecule has 1 amide bonds. The first kappa shape index (κ1) is 16.6. The Kier molecular flexibility index (Phi) is 4.22. The molecule has 0 aliphatic carbocycles. The number of aromatic carboxylic acids is 1. The molecule has 0 saturated carbocycles. The molecule has 2 aromatic heterocycles. The summed E-state index contributed by atoms with van der Waals surface area (Å²) in [6.45, 7) is 3.86. The van der Waals surface area contributed by atoms with E-state index < -0.39 is 5.97 Å². The summed E-state index contributed by atoms with van der Waals surface area (Å²) in [5, 5.41) is 16.8. The molecular weight excluding hydrogens is 320 g/mol. The summed E-state index contributed by atoms with van der Waals surface area (Å²) in [5.74, 6) is -1.38. The van der Waals surface area contributed by atoms with Crippen LogP contribution in [0.1, 0.15) is 37.7 Å². The van der Waals surface area contributed by atoms with Gasteiger partial charge in [0.2, 0.25) is 0 Å². The molecule has 0 saturated heterocycles. The number of nitrogens with zero attached hydrogens (tertiary/aromatic N) is 3. The van der Waals surface area contributed by atoms with E-state index in [1.54, 1.807) is 20.0 Å².